The van der Waals surface area contributed by atoms with Gasteiger partial charge in [-0.3, -0.25) is 4.90 Å². The number of para-hydroxylation sites is 1. The number of piperidine rings is 1. The molecule has 0 saturated carbocycles. The average Bonchev–Trinajstić information content (AvgIpc) is 3.16. The number of carbonyl (C=O) groups is 1. The second kappa shape index (κ2) is 9.46. The highest BCUT2D eigenvalue weighted by molar-refractivity contribution is 7.20. The third-order valence-corrected chi connectivity index (χ3v) is 6.51. The number of aromatic nitrogens is 1. The quantitative estimate of drug-likeness (QED) is 0.480. The van der Waals surface area contributed by atoms with E-state index in [1.165, 1.54) is 5.56 Å². The number of likely N-dealkylation sites (tertiary alicyclic amines) is 1. The first kappa shape index (κ1) is 22.6. The maximum absolute atomic E-state index is 12.3. The van der Waals surface area contributed by atoms with Crippen LogP contribution < -0.4 is 4.74 Å². The summed E-state index contributed by atoms with van der Waals surface area (Å²) >= 11 is 1.55. The van der Waals surface area contributed by atoms with Crippen LogP contribution in [0.2, 0.25) is 0 Å². The molecule has 3 aromatic rings. The first-order valence-electron chi connectivity index (χ1n) is 11.1. The molecule has 1 fully saturated rings. The molecule has 2 heterocycles. The molecule has 0 radical (unpaired) electrons. The van der Waals surface area contributed by atoms with Gasteiger partial charge < -0.3 is 14.4 Å². The highest BCUT2D eigenvalue weighted by atomic mass is 32.1. The van der Waals surface area contributed by atoms with Gasteiger partial charge in [0, 0.05) is 32.7 Å². The van der Waals surface area contributed by atoms with Crippen LogP contribution in [0.25, 0.3) is 10.2 Å². The number of amides is 1. The highest BCUT2D eigenvalue weighted by Crippen LogP contribution is 2.31. The second-order valence-corrected chi connectivity index (χ2v) is 10.3. The molecule has 1 aliphatic rings. The SMILES string of the molecule is CN(C(=O)OC(C)(C)C)C1CCN(Cc2ccc(Oc3nc4ccccc4s3)cc2)CC1. The van der Waals surface area contributed by atoms with E-state index < -0.39 is 5.60 Å². The van der Waals surface area contributed by atoms with Crippen LogP contribution in [-0.2, 0) is 11.3 Å². The van der Waals surface area contributed by atoms with E-state index in [0.717, 1.165) is 48.4 Å². The Morgan fingerprint density at radius 3 is 2.47 bits per heavy atom. The number of benzene rings is 2. The molecule has 2 aromatic carbocycles. The molecule has 1 amide bonds. The smallest absolute Gasteiger partial charge is 0.410 e. The number of hydrogen-bond donors (Lipinski definition) is 0. The molecule has 1 saturated heterocycles. The van der Waals surface area contributed by atoms with Gasteiger partial charge in [0.2, 0.25) is 0 Å². The Hall–Kier alpha value is -2.64. The van der Waals surface area contributed by atoms with Crippen LogP contribution in [0.15, 0.2) is 48.5 Å². The molecule has 0 atom stereocenters. The van der Waals surface area contributed by atoms with Crippen molar-refractivity contribution in [3.8, 4) is 10.9 Å². The highest BCUT2D eigenvalue weighted by Gasteiger charge is 2.28. The second-order valence-electron chi connectivity index (χ2n) is 9.29. The molecule has 0 aliphatic carbocycles. The van der Waals surface area contributed by atoms with Gasteiger partial charge >= 0.3 is 6.09 Å². The van der Waals surface area contributed by atoms with Crippen molar-refractivity contribution < 1.29 is 14.3 Å². The van der Waals surface area contributed by atoms with Crippen LogP contribution in [-0.4, -0.2) is 52.7 Å². The summed E-state index contributed by atoms with van der Waals surface area (Å²) in [6.45, 7) is 8.51. The summed E-state index contributed by atoms with van der Waals surface area (Å²) in [4.78, 5) is 21.0. The standard InChI is InChI=1S/C25H31N3O3S/c1-25(2,3)31-24(29)27(4)19-13-15-28(16-14-19)17-18-9-11-20(12-10-18)30-23-26-21-7-5-6-8-22(21)32-23/h5-12,19H,13-17H2,1-4H3. The number of fused-ring (bicyclic) bond motifs is 1. The maximum Gasteiger partial charge on any atom is 0.410 e. The Morgan fingerprint density at radius 2 is 1.81 bits per heavy atom. The van der Waals surface area contributed by atoms with Gasteiger partial charge in [0.15, 0.2) is 0 Å². The lowest BCUT2D eigenvalue weighted by molar-refractivity contribution is 0.0149. The zero-order valence-corrected chi connectivity index (χ0v) is 20.0. The minimum Gasteiger partial charge on any atom is -0.444 e. The fraction of sp³-hybridized carbons (Fsp3) is 0.440. The number of rotatable bonds is 5. The predicted octanol–water partition coefficient (Wildman–Crippen LogP) is 5.92. The molecule has 1 aromatic heterocycles. The Morgan fingerprint density at radius 1 is 1.12 bits per heavy atom. The van der Waals surface area contributed by atoms with Crippen molar-refractivity contribution in [2.24, 2.45) is 0 Å². The molecule has 0 N–H and O–H groups in total. The van der Waals surface area contributed by atoms with Crippen molar-refractivity contribution >= 4 is 27.6 Å². The van der Waals surface area contributed by atoms with Crippen LogP contribution in [0.5, 0.6) is 10.9 Å². The Labute approximate surface area is 193 Å². The van der Waals surface area contributed by atoms with Gasteiger partial charge in [-0.15, -0.1) is 0 Å². The fourth-order valence-corrected chi connectivity index (χ4v) is 4.70. The number of nitrogens with zero attached hydrogens (tertiary/aromatic N) is 3. The average molecular weight is 454 g/mol. The van der Waals surface area contributed by atoms with Crippen molar-refractivity contribution in [1.29, 1.82) is 0 Å². The van der Waals surface area contributed by atoms with E-state index >= 15 is 0 Å². The van der Waals surface area contributed by atoms with Crippen molar-refractivity contribution in [2.75, 3.05) is 20.1 Å². The van der Waals surface area contributed by atoms with Gasteiger partial charge in [0.25, 0.3) is 5.19 Å². The summed E-state index contributed by atoms with van der Waals surface area (Å²) in [6.07, 6.45) is 1.67. The molecule has 6 nitrogen and oxygen atoms in total. The molecule has 170 valence electrons. The Kier molecular flexibility index (Phi) is 6.67. The number of ether oxygens (including phenoxy) is 2. The van der Waals surface area contributed by atoms with E-state index in [9.17, 15) is 4.79 Å². The summed E-state index contributed by atoms with van der Waals surface area (Å²) in [7, 11) is 1.85. The molecular weight excluding hydrogens is 422 g/mol. The van der Waals surface area contributed by atoms with Gasteiger partial charge in [-0.25, -0.2) is 9.78 Å². The summed E-state index contributed by atoms with van der Waals surface area (Å²) in [6, 6.07) is 16.5. The van der Waals surface area contributed by atoms with Gasteiger partial charge in [-0.05, 0) is 63.4 Å². The third kappa shape index (κ3) is 5.78. The lowest BCUT2D eigenvalue weighted by atomic mass is 10.0. The lowest BCUT2D eigenvalue weighted by Crippen LogP contribution is -2.46. The van der Waals surface area contributed by atoms with Crippen LogP contribution in [0, 0.1) is 0 Å². The normalized spacial score (nSPS) is 15.6. The topological polar surface area (TPSA) is 54.9 Å². The van der Waals surface area contributed by atoms with Crippen molar-refractivity contribution in [3.63, 3.8) is 0 Å². The van der Waals surface area contributed by atoms with Crippen molar-refractivity contribution in [2.45, 2.75) is 51.8 Å². The molecule has 0 bridgehead atoms. The first-order valence-corrected chi connectivity index (χ1v) is 11.9. The largest absolute Gasteiger partial charge is 0.444 e. The first-order chi connectivity index (χ1) is 15.3. The molecule has 0 unspecified atom stereocenters. The van der Waals surface area contributed by atoms with Crippen LogP contribution in [0.1, 0.15) is 39.2 Å². The zero-order chi connectivity index (χ0) is 22.7. The Bertz CT molecular complexity index is 1020. The fourth-order valence-electron chi connectivity index (χ4n) is 3.86. The number of hydrogen-bond acceptors (Lipinski definition) is 6. The monoisotopic (exact) mass is 453 g/mol. The number of thiazole rings is 1. The van der Waals surface area contributed by atoms with E-state index in [1.54, 1.807) is 16.2 Å². The summed E-state index contributed by atoms with van der Waals surface area (Å²) in [5.74, 6) is 0.797. The van der Waals surface area contributed by atoms with Gasteiger partial charge in [0.05, 0.1) is 10.2 Å². The van der Waals surface area contributed by atoms with E-state index in [0.29, 0.717) is 5.19 Å². The van der Waals surface area contributed by atoms with Crippen LogP contribution in [0.3, 0.4) is 0 Å². The Balaban J connectivity index is 1.27. The van der Waals surface area contributed by atoms with Crippen molar-refractivity contribution in [3.05, 3.63) is 54.1 Å². The molecule has 4 rings (SSSR count). The zero-order valence-electron chi connectivity index (χ0n) is 19.2. The van der Waals surface area contributed by atoms with Crippen LogP contribution in [0.4, 0.5) is 4.79 Å². The molecule has 0 spiro atoms. The summed E-state index contributed by atoms with van der Waals surface area (Å²) in [5.41, 5.74) is 1.75. The lowest BCUT2D eigenvalue weighted by Gasteiger charge is -2.37. The number of carbonyl (C=O) groups excluding carboxylic acids is 1. The van der Waals surface area contributed by atoms with E-state index in [2.05, 4.69) is 28.1 Å². The molecule has 32 heavy (non-hydrogen) atoms. The predicted molar refractivity (Wildman–Crippen MR) is 128 cm³/mol. The molecule has 1 aliphatic heterocycles. The third-order valence-electron chi connectivity index (χ3n) is 5.60. The van der Waals surface area contributed by atoms with Crippen LogP contribution >= 0.6 is 11.3 Å². The summed E-state index contributed by atoms with van der Waals surface area (Å²) in [5, 5.41) is 0.662. The molecular formula is C25H31N3O3S. The minimum atomic E-state index is -0.463. The maximum atomic E-state index is 12.3. The van der Waals surface area contributed by atoms with Gasteiger partial charge in [0.1, 0.15) is 11.4 Å². The van der Waals surface area contributed by atoms with Gasteiger partial charge in [-0.2, -0.15) is 0 Å². The van der Waals surface area contributed by atoms with Crippen molar-refractivity contribution in [1.82, 2.24) is 14.8 Å². The van der Waals surface area contributed by atoms with E-state index in [1.807, 2.05) is 58.2 Å². The van der Waals surface area contributed by atoms with E-state index in [-0.39, 0.29) is 12.1 Å². The van der Waals surface area contributed by atoms with E-state index in [4.69, 9.17) is 9.47 Å². The molecule has 7 heteroatoms. The summed E-state index contributed by atoms with van der Waals surface area (Å²) < 4.78 is 12.6. The minimum absolute atomic E-state index is 0.227. The van der Waals surface area contributed by atoms with Gasteiger partial charge in [-0.1, -0.05) is 35.6 Å².